The van der Waals surface area contributed by atoms with Gasteiger partial charge in [-0.2, -0.15) is 5.10 Å². The van der Waals surface area contributed by atoms with Gasteiger partial charge in [0.2, 0.25) is 0 Å². The van der Waals surface area contributed by atoms with Gasteiger partial charge in [-0.3, -0.25) is 4.79 Å². The number of hydrogen-bond acceptors (Lipinski definition) is 5. The van der Waals surface area contributed by atoms with Crippen LogP contribution in [0.3, 0.4) is 0 Å². The van der Waals surface area contributed by atoms with Crippen molar-refractivity contribution in [1.82, 2.24) is 5.43 Å². The number of benzene rings is 3. The fraction of sp³-hybridized carbons (Fsp3) is 0.130. The predicted octanol–water partition coefficient (Wildman–Crippen LogP) is 4.70. The summed E-state index contributed by atoms with van der Waals surface area (Å²) >= 11 is 6.16. The summed E-state index contributed by atoms with van der Waals surface area (Å²) in [5, 5.41) is 4.65. The summed E-state index contributed by atoms with van der Waals surface area (Å²) in [5.41, 5.74) is 4.60. The molecule has 154 valence electrons. The number of ether oxygens (including phenoxy) is 3. The van der Waals surface area contributed by atoms with Crippen LogP contribution in [-0.2, 0) is 6.61 Å². The SMILES string of the molecule is COc1ccc(C(=O)NN=Cc2ccc(OCc3ccccc3Cl)c(OC)c2)cc1. The van der Waals surface area contributed by atoms with Crippen LogP contribution in [0.2, 0.25) is 5.02 Å². The molecular weight excluding hydrogens is 404 g/mol. The Morgan fingerprint density at radius 2 is 1.77 bits per heavy atom. The van der Waals surface area contributed by atoms with Crippen molar-refractivity contribution < 1.29 is 19.0 Å². The van der Waals surface area contributed by atoms with E-state index in [2.05, 4.69) is 10.5 Å². The van der Waals surface area contributed by atoms with Crippen molar-refractivity contribution in [2.24, 2.45) is 5.10 Å². The Hall–Kier alpha value is -3.51. The molecule has 30 heavy (non-hydrogen) atoms. The smallest absolute Gasteiger partial charge is 0.271 e. The maximum atomic E-state index is 12.1. The second-order valence-electron chi connectivity index (χ2n) is 6.22. The molecule has 0 aliphatic rings. The molecule has 6 nitrogen and oxygen atoms in total. The maximum absolute atomic E-state index is 12.1. The lowest BCUT2D eigenvalue weighted by molar-refractivity contribution is 0.0955. The highest BCUT2D eigenvalue weighted by atomic mass is 35.5. The minimum atomic E-state index is -0.319. The molecule has 1 N–H and O–H groups in total. The molecule has 0 aliphatic heterocycles. The first-order chi connectivity index (χ1) is 14.6. The molecule has 1 amide bonds. The number of carbonyl (C=O) groups excluding carboxylic acids is 1. The predicted molar refractivity (Wildman–Crippen MR) is 117 cm³/mol. The van der Waals surface area contributed by atoms with Gasteiger partial charge in [-0.05, 0) is 54.1 Å². The largest absolute Gasteiger partial charge is 0.497 e. The van der Waals surface area contributed by atoms with Gasteiger partial charge >= 0.3 is 0 Å². The van der Waals surface area contributed by atoms with Crippen molar-refractivity contribution in [2.45, 2.75) is 6.61 Å². The van der Waals surface area contributed by atoms with E-state index in [1.807, 2.05) is 30.3 Å². The lowest BCUT2D eigenvalue weighted by atomic mass is 10.2. The van der Waals surface area contributed by atoms with Crippen molar-refractivity contribution >= 4 is 23.7 Å². The standard InChI is InChI=1S/C23H21ClN2O4/c1-28-19-10-8-17(9-11-19)23(27)26-25-14-16-7-12-21(22(13-16)29-2)30-15-18-5-3-4-6-20(18)24/h3-14H,15H2,1-2H3,(H,26,27). The minimum absolute atomic E-state index is 0.319. The molecule has 0 aliphatic carbocycles. The number of halogens is 1. The number of nitrogens with zero attached hydrogens (tertiary/aromatic N) is 1. The fourth-order valence-electron chi connectivity index (χ4n) is 2.63. The average molecular weight is 425 g/mol. The molecule has 7 heteroatoms. The third kappa shape index (κ3) is 5.52. The molecule has 0 saturated carbocycles. The fourth-order valence-corrected chi connectivity index (χ4v) is 2.82. The van der Waals surface area contributed by atoms with Crippen molar-refractivity contribution in [3.05, 3.63) is 88.4 Å². The van der Waals surface area contributed by atoms with Crippen LogP contribution in [0.1, 0.15) is 21.5 Å². The molecule has 0 unspecified atom stereocenters. The first-order valence-corrected chi connectivity index (χ1v) is 9.50. The van der Waals surface area contributed by atoms with Crippen molar-refractivity contribution in [3.8, 4) is 17.2 Å². The quantitative estimate of drug-likeness (QED) is 0.420. The highest BCUT2D eigenvalue weighted by Gasteiger charge is 2.08. The lowest BCUT2D eigenvalue weighted by Crippen LogP contribution is -2.17. The van der Waals surface area contributed by atoms with E-state index in [9.17, 15) is 4.79 Å². The molecule has 0 saturated heterocycles. The molecule has 3 aromatic carbocycles. The molecular formula is C23H21ClN2O4. The summed E-state index contributed by atoms with van der Waals surface area (Å²) < 4.78 is 16.3. The van der Waals surface area contributed by atoms with Crippen LogP contribution in [0.5, 0.6) is 17.2 Å². The molecule has 0 heterocycles. The minimum Gasteiger partial charge on any atom is -0.497 e. The zero-order chi connectivity index (χ0) is 21.3. The van der Waals surface area contributed by atoms with Gasteiger partial charge in [-0.25, -0.2) is 5.43 Å². The highest BCUT2D eigenvalue weighted by Crippen LogP contribution is 2.29. The molecule has 0 fully saturated rings. The normalized spacial score (nSPS) is 10.6. The molecule has 0 aromatic heterocycles. The van der Waals surface area contributed by atoms with Gasteiger partial charge in [-0.1, -0.05) is 29.8 Å². The molecule has 0 atom stereocenters. The zero-order valence-corrected chi connectivity index (χ0v) is 17.3. The van der Waals surface area contributed by atoms with Crippen molar-refractivity contribution in [3.63, 3.8) is 0 Å². The maximum Gasteiger partial charge on any atom is 0.271 e. The summed E-state index contributed by atoms with van der Waals surface area (Å²) in [6, 6.07) is 19.6. The van der Waals surface area contributed by atoms with Gasteiger partial charge in [0.15, 0.2) is 11.5 Å². The molecule has 3 aromatic rings. The monoisotopic (exact) mass is 424 g/mol. The first-order valence-electron chi connectivity index (χ1n) is 9.12. The Kier molecular flexibility index (Phi) is 7.29. The number of methoxy groups -OCH3 is 2. The number of nitrogens with one attached hydrogen (secondary N) is 1. The Morgan fingerprint density at radius 3 is 2.47 bits per heavy atom. The summed E-state index contributed by atoms with van der Waals surface area (Å²) in [5.74, 6) is 1.49. The van der Waals surface area contributed by atoms with E-state index in [-0.39, 0.29) is 5.91 Å². The zero-order valence-electron chi connectivity index (χ0n) is 16.6. The number of hydrazone groups is 1. The topological polar surface area (TPSA) is 69.2 Å². The third-order valence-corrected chi connectivity index (χ3v) is 4.63. The second-order valence-corrected chi connectivity index (χ2v) is 6.63. The van der Waals surface area contributed by atoms with E-state index in [1.54, 1.807) is 50.6 Å². The molecule has 3 rings (SSSR count). The Bertz CT molecular complexity index is 1040. The van der Waals surface area contributed by atoms with Crippen LogP contribution in [-0.4, -0.2) is 26.3 Å². The number of amides is 1. The van der Waals surface area contributed by atoms with E-state index in [1.165, 1.54) is 6.21 Å². The lowest BCUT2D eigenvalue weighted by Gasteiger charge is -2.12. The van der Waals surface area contributed by atoms with Gasteiger partial charge in [0, 0.05) is 16.1 Å². The number of rotatable bonds is 8. The summed E-state index contributed by atoms with van der Waals surface area (Å²) in [6.45, 7) is 0.321. The van der Waals surface area contributed by atoms with Crippen LogP contribution in [0.15, 0.2) is 71.8 Å². The summed E-state index contributed by atoms with van der Waals surface area (Å²) in [4.78, 5) is 12.1. The van der Waals surface area contributed by atoms with Crippen LogP contribution >= 0.6 is 11.6 Å². The first kappa shape index (κ1) is 21.2. The Balaban J connectivity index is 1.62. The van der Waals surface area contributed by atoms with Crippen molar-refractivity contribution in [1.29, 1.82) is 0 Å². The third-order valence-electron chi connectivity index (χ3n) is 4.26. The van der Waals surface area contributed by atoms with E-state index in [0.717, 1.165) is 11.1 Å². The van der Waals surface area contributed by atoms with Gasteiger partial charge in [0.05, 0.1) is 20.4 Å². The average Bonchev–Trinajstić information content (AvgIpc) is 2.79. The van der Waals surface area contributed by atoms with Gasteiger partial charge in [0.25, 0.3) is 5.91 Å². The van der Waals surface area contributed by atoms with Crippen LogP contribution in [0.4, 0.5) is 0 Å². The molecule has 0 bridgehead atoms. The van der Waals surface area contributed by atoms with E-state index in [0.29, 0.717) is 34.4 Å². The van der Waals surface area contributed by atoms with Gasteiger partial charge < -0.3 is 14.2 Å². The summed E-state index contributed by atoms with van der Waals surface area (Å²) in [6.07, 6.45) is 1.53. The Labute approximate surface area is 180 Å². The number of hydrogen-bond donors (Lipinski definition) is 1. The Morgan fingerprint density at radius 1 is 1.00 bits per heavy atom. The van der Waals surface area contributed by atoms with Crippen molar-refractivity contribution in [2.75, 3.05) is 14.2 Å². The summed E-state index contributed by atoms with van der Waals surface area (Å²) in [7, 11) is 3.13. The van der Waals surface area contributed by atoms with Gasteiger partial charge in [0.1, 0.15) is 12.4 Å². The molecule has 0 radical (unpaired) electrons. The second kappa shape index (κ2) is 10.3. The van der Waals surface area contributed by atoms with E-state index < -0.39 is 0 Å². The van der Waals surface area contributed by atoms with Gasteiger partial charge in [-0.15, -0.1) is 0 Å². The highest BCUT2D eigenvalue weighted by molar-refractivity contribution is 6.31. The van der Waals surface area contributed by atoms with Crippen LogP contribution in [0, 0.1) is 0 Å². The van der Waals surface area contributed by atoms with E-state index >= 15 is 0 Å². The van der Waals surface area contributed by atoms with E-state index in [4.69, 9.17) is 25.8 Å². The van der Waals surface area contributed by atoms with Crippen LogP contribution < -0.4 is 19.6 Å². The van der Waals surface area contributed by atoms with Crippen LogP contribution in [0.25, 0.3) is 0 Å². The molecule has 0 spiro atoms. The number of carbonyl (C=O) groups is 1.